The minimum atomic E-state index is -0.739. The third kappa shape index (κ3) is 5.07. The van der Waals surface area contributed by atoms with E-state index in [0.717, 1.165) is 11.8 Å². The zero-order valence-corrected chi connectivity index (χ0v) is 16.2. The number of carbonyl (C=O) groups excluding carboxylic acids is 3. The van der Waals surface area contributed by atoms with E-state index in [2.05, 4.69) is 15.3 Å². The van der Waals surface area contributed by atoms with E-state index in [9.17, 15) is 14.4 Å². The number of nitrogens with zero attached hydrogens (tertiary/aromatic N) is 2. The number of aryl methyl sites for hydroxylation is 2. The molecule has 0 fully saturated rings. The van der Waals surface area contributed by atoms with E-state index < -0.39 is 11.9 Å². The summed E-state index contributed by atoms with van der Waals surface area (Å²) in [6, 6.07) is 1.62. The average Bonchev–Trinajstić information content (AvgIpc) is 2.88. The molecule has 144 valence electrons. The first-order valence-electron chi connectivity index (χ1n) is 8.08. The topological polar surface area (TPSA) is 137 Å². The highest BCUT2D eigenvalue weighted by atomic mass is 32.2. The maximum Gasteiger partial charge on any atom is 0.344 e. The van der Waals surface area contributed by atoms with Gasteiger partial charge in [-0.05, 0) is 27.7 Å². The summed E-state index contributed by atoms with van der Waals surface area (Å²) in [7, 11) is 0. The van der Waals surface area contributed by atoms with Crippen molar-refractivity contribution in [2.75, 3.05) is 23.4 Å². The van der Waals surface area contributed by atoms with Gasteiger partial charge in [-0.2, -0.15) is 0 Å². The number of nitrogens with two attached hydrogens (primary N) is 1. The molecule has 10 heteroatoms. The molecule has 0 bridgehead atoms. The van der Waals surface area contributed by atoms with Gasteiger partial charge in [-0.1, -0.05) is 11.8 Å². The fraction of sp³-hybridized carbons (Fsp3) is 0.353. The van der Waals surface area contributed by atoms with Crippen LogP contribution in [0.5, 0.6) is 0 Å². The first-order valence-corrected chi connectivity index (χ1v) is 9.06. The Morgan fingerprint density at radius 2 is 1.96 bits per heavy atom. The molecule has 0 saturated carbocycles. The molecular formula is C17H20N4O5S. The molecular weight excluding hydrogens is 372 g/mol. The van der Waals surface area contributed by atoms with Gasteiger partial charge < -0.3 is 14.9 Å². The number of furan rings is 1. The Kier molecular flexibility index (Phi) is 6.56. The molecule has 2 aromatic rings. The average molecular weight is 392 g/mol. The molecule has 0 unspecified atom stereocenters. The Labute approximate surface area is 160 Å². The number of hydrogen-bond donors (Lipinski definition) is 2. The van der Waals surface area contributed by atoms with E-state index in [1.54, 1.807) is 19.9 Å². The van der Waals surface area contributed by atoms with Crippen molar-refractivity contribution >= 4 is 41.1 Å². The Balaban J connectivity index is 2.18. The summed E-state index contributed by atoms with van der Waals surface area (Å²) in [5.41, 5.74) is 6.34. The highest BCUT2D eigenvalue weighted by molar-refractivity contribution is 7.99. The van der Waals surface area contributed by atoms with Gasteiger partial charge in [0.05, 0.1) is 17.9 Å². The van der Waals surface area contributed by atoms with E-state index in [-0.39, 0.29) is 40.9 Å². The van der Waals surface area contributed by atoms with E-state index in [1.165, 1.54) is 13.8 Å². The van der Waals surface area contributed by atoms with Gasteiger partial charge in [-0.15, -0.1) is 0 Å². The fourth-order valence-electron chi connectivity index (χ4n) is 2.38. The Bertz CT molecular complexity index is 873. The number of aromatic nitrogens is 2. The van der Waals surface area contributed by atoms with Crippen LogP contribution in [0.4, 0.5) is 11.7 Å². The zero-order chi connectivity index (χ0) is 20.1. The molecule has 9 nitrogen and oxygen atoms in total. The van der Waals surface area contributed by atoms with Crippen molar-refractivity contribution in [3.8, 4) is 0 Å². The Morgan fingerprint density at radius 1 is 1.26 bits per heavy atom. The lowest BCUT2D eigenvalue weighted by atomic mass is 10.1. The van der Waals surface area contributed by atoms with Crippen LogP contribution >= 0.6 is 11.8 Å². The van der Waals surface area contributed by atoms with Gasteiger partial charge in [0, 0.05) is 11.8 Å². The molecule has 2 heterocycles. The van der Waals surface area contributed by atoms with Crippen LogP contribution in [0.25, 0.3) is 0 Å². The highest BCUT2D eigenvalue weighted by Crippen LogP contribution is 2.29. The standard InChI is InChI=1S/C17H20N4O5S/c1-5-25-16(24)14-13(9(3)22)10(4)26-15(14)21-12(23)7-27-17-19-8(2)6-11(18)20-17/h6H,5,7H2,1-4H3,(H,21,23)(H2,18,19,20). The largest absolute Gasteiger partial charge is 0.462 e. The molecule has 1 amide bonds. The summed E-state index contributed by atoms with van der Waals surface area (Å²) in [6.45, 7) is 6.37. The normalized spacial score (nSPS) is 10.5. The molecule has 0 aromatic carbocycles. The zero-order valence-electron chi connectivity index (χ0n) is 15.4. The fourth-order valence-corrected chi connectivity index (χ4v) is 3.09. The maximum atomic E-state index is 12.3. The monoisotopic (exact) mass is 392 g/mol. The Morgan fingerprint density at radius 3 is 2.56 bits per heavy atom. The van der Waals surface area contributed by atoms with Crippen LogP contribution in [0, 0.1) is 13.8 Å². The molecule has 0 atom stereocenters. The summed E-state index contributed by atoms with van der Waals surface area (Å²) in [5, 5.41) is 2.85. The molecule has 3 N–H and O–H groups in total. The number of hydrogen-bond acceptors (Lipinski definition) is 9. The minimum Gasteiger partial charge on any atom is -0.462 e. The third-order valence-electron chi connectivity index (χ3n) is 3.35. The van der Waals surface area contributed by atoms with Crippen molar-refractivity contribution < 1.29 is 23.5 Å². The van der Waals surface area contributed by atoms with Gasteiger partial charge in [0.25, 0.3) is 0 Å². The van der Waals surface area contributed by atoms with Crippen molar-refractivity contribution in [2.24, 2.45) is 0 Å². The molecule has 0 aliphatic heterocycles. The second kappa shape index (κ2) is 8.67. The number of amides is 1. The number of nitrogens with one attached hydrogen (secondary N) is 1. The minimum absolute atomic E-state index is 0.0414. The van der Waals surface area contributed by atoms with Gasteiger partial charge in [-0.3, -0.25) is 14.9 Å². The van der Waals surface area contributed by atoms with Crippen LogP contribution in [0.3, 0.4) is 0 Å². The van der Waals surface area contributed by atoms with E-state index in [1.807, 2.05) is 0 Å². The van der Waals surface area contributed by atoms with Gasteiger partial charge in [0.15, 0.2) is 10.9 Å². The van der Waals surface area contributed by atoms with E-state index in [0.29, 0.717) is 16.7 Å². The number of anilines is 2. The molecule has 2 rings (SSSR count). The molecule has 0 saturated heterocycles. The number of thioether (sulfide) groups is 1. The summed E-state index contributed by atoms with van der Waals surface area (Å²) in [4.78, 5) is 44.5. The highest BCUT2D eigenvalue weighted by Gasteiger charge is 2.28. The predicted molar refractivity (Wildman–Crippen MR) is 99.9 cm³/mol. The second-order valence-corrected chi connectivity index (χ2v) is 6.51. The summed E-state index contributed by atoms with van der Waals surface area (Å²) < 4.78 is 10.4. The lowest BCUT2D eigenvalue weighted by molar-refractivity contribution is -0.113. The number of carbonyl (C=O) groups is 3. The number of rotatable bonds is 7. The van der Waals surface area contributed by atoms with Crippen LogP contribution in [-0.2, 0) is 9.53 Å². The lowest BCUT2D eigenvalue weighted by Crippen LogP contribution is -2.18. The third-order valence-corrected chi connectivity index (χ3v) is 4.20. The van der Waals surface area contributed by atoms with Crippen molar-refractivity contribution in [3.63, 3.8) is 0 Å². The summed E-state index contributed by atoms with van der Waals surface area (Å²) in [5.74, 6) is -1.19. The Hall–Kier alpha value is -2.88. The molecule has 0 radical (unpaired) electrons. The van der Waals surface area contributed by atoms with Crippen molar-refractivity contribution in [3.05, 3.63) is 28.6 Å². The van der Waals surface area contributed by atoms with Crippen LogP contribution in [0.2, 0.25) is 0 Å². The van der Waals surface area contributed by atoms with Crippen LogP contribution in [-0.4, -0.2) is 40.0 Å². The number of ether oxygens (including phenoxy) is 1. The summed E-state index contributed by atoms with van der Waals surface area (Å²) in [6.07, 6.45) is 0. The van der Waals surface area contributed by atoms with Gasteiger partial charge in [0.2, 0.25) is 11.8 Å². The number of Topliss-reactive ketones (excluding diaryl/α,β-unsaturated/α-hetero) is 1. The van der Waals surface area contributed by atoms with Crippen molar-refractivity contribution in [1.82, 2.24) is 9.97 Å². The van der Waals surface area contributed by atoms with Crippen LogP contribution in [0.15, 0.2) is 15.6 Å². The smallest absolute Gasteiger partial charge is 0.344 e. The van der Waals surface area contributed by atoms with E-state index in [4.69, 9.17) is 14.9 Å². The lowest BCUT2D eigenvalue weighted by Gasteiger charge is -2.06. The molecule has 0 aliphatic carbocycles. The van der Waals surface area contributed by atoms with Gasteiger partial charge in [0.1, 0.15) is 17.1 Å². The number of ketones is 1. The van der Waals surface area contributed by atoms with E-state index >= 15 is 0 Å². The second-order valence-electron chi connectivity index (χ2n) is 5.57. The maximum absolute atomic E-state index is 12.3. The molecule has 2 aromatic heterocycles. The summed E-state index contributed by atoms with van der Waals surface area (Å²) >= 11 is 1.08. The van der Waals surface area contributed by atoms with Crippen LogP contribution in [0.1, 0.15) is 46.0 Å². The molecule has 27 heavy (non-hydrogen) atoms. The first kappa shape index (κ1) is 20.4. The van der Waals surface area contributed by atoms with Crippen molar-refractivity contribution in [1.29, 1.82) is 0 Å². The molecule has 0 aliphatic rings. The number of esters is 1. The first-order chi connectivity index (χ1) is 12.7. The SMILES string of the molecule is CCOC(=O)c1c(NC(=O)CSc2nc(C)cc(N)n2)oc(C)c1C(C)=O. The van der Waals surface area contributed by atoms with Crippen molar-refractivity contribution in [2.45, 2.75) is 32.9 Å². The molecule has 0 spiro atoms. The quantitative estimate of drug-likeness (QED) is 0.315. The number of nitrogen functional groups attached to an aromatic ring is 1. The van der Waals surface area contributed by atoms with Crippen LogP contribution < -0.4 is 11.1 Å². The van der Waals surface area contributed by atoms with Gasteiger partial charge in [-0.25, -0.2) is 14.8 Å². The predicted octanol–water partition coefficient (Wildman–Crippen LogP) is 2.38. The van der Waals surface area contributed by atoms with Gasteiger partial charge >= 0.3 is 5.97 Å².